The number of nitrogens with zero attached hydrogens (tertiary/aromatic N) is 4. The van der Waals surface area contributed by atoms with Crippen molar-refractivity contribution in [1.29, 1.82) is 0 Å². The van der Waals surface area contributed by atoms with Crippen LogP contribution in [0, 0.1) is 0 Å². The zero-order valence-corrected chi connectivity index (χ0v) is 13.6. The predicted molar refractivity (Wildman–Crippen MR) is 92.7 cm³/mol. The third-order valence-electron chi connectivity index (χ3n) is 4.18. The van der Waals surface area contributed by atoms with Gasteiger partial charge in [0.1, 0.15) is 0 Å². The standard InChI is InChI=1S/C18H20N4O/c1-4-22-16-11-6-5-10-15(16)20-17(18(22)23)21(3)13(2)14-9-7-8-12-19-14/h5-13H,4H2,1-3H3. The van der Waals surface area contributed by atoms with Gasteiger partial charge in [-0.15, -0.1) is 0 Å². The highest BCUT2D eigenvalue weighted by atomic mass is 16.1. The molecule has 3 rings (SSSR count). The number of hydrogen-bond acceptors (Lipinski definition) is 4. The lowest BCUT2D eigenvalue weighted by molar-refractivity contribution is 0.683. The van der Waals surface area contributed by atoms with Gasteiger partial charge in [-0.3, -0.25) is 9.78 Å². The topological polar surface area (TPSA) is 51.0 Å². The fourth-order valence-corrected chi connectivity index (χ4v) is 2.73. The van der Waals surface area contributed by atoms with Crippen LogP contribution in [0.3, 0.4) is 0 Å². The van der Waals surface area contributed by atoms with Gasteiger partial charge < -0.3 is 9.47 Å². The lowest BCUT2D eigenvalue weighted by atomic mass is 10.2. The Kier molecular flexibility index (Phi) is 4.10. The highest BCUT2D eigenvalue weighted by molar-refractivity contribution is 5.76. The molecule has 3 aromatic rings. The Morgan fingerprint density at radius 2 is 1.91 bits per heavy atom. The van der Waals surface area contributed by atoms with E-state index in [2.05, 4.69) is 9.97 Å². The largest absolute Gasteiger partial charge is 0.347 e. The van der Waals surface area contributed by atoms with Crippen LogP contribution in [0.5, 0.6) is 0 Å². The number of pyridine rings is 1. The summed E-state index contributed by atoms with van der Waals surface area (Å²) in [4.78, 5) is 23.7. The highest BCUT2D eigenvalue weighted by Gasteiger charge is 2.19. The van der Waals surface area contributed by atoms with Crippen LogP contribution >= 0.6 is 0 Å². The second-order valence-corrected chi connectivity index (χ2v) is 5.52. The zero-order valence-electron chi connectivity index (χ0n) is 13.6. The zero-order chi connectivity index (χ0) is 16.4. The lowest BCUT2D eigenvalue weighted by Crippen LogP contribution is -2.33. The van der Waals surface area contributed by atoms with Crippen molar-refractivity contribution in [3.63, 3.8) is 0 Å². The van der Waals surface area contributed by atoms with Gasteiger partial charge in [0.25, 0.3) is 5.56 Å². The highest BCUT2D eigenvalue weighted by Crippen LogP contribution is 2.21. The van der Waals surface area contributed by atoms with Crippen LogP contribution in [-0.4, -0.2) is 21.6 Å². The van der Waals surface area contributed by atoms with Crippen molar-refractivity contribution in [2.75, 3.05) is 11.9 Å². The molecule has 0 spiro atoms. The minimum absolute atomic E-state index is 0.0390. The van der Waals surface area contributed by atoms with Crippen LogP contribution in [-0.2, 0) is 6.54 Å². The van der Waals surface area contributed by atoms with E-state index in [0.717, 1.165) is 16.7 Å². The molecule has 2 heterocycles. The molecule has 0 amide bonds. The Morgan fingerprint density at radius 1 is 1.17 bits per heavy atom. The average molecular weight is 308 g/mol. The van der Waals surface area contributed by atoms with Crippen LogP contribution < -0.4 is 10.5 Å². The van der Waals surface area contributed by atoms with Crippen LogP contribution in [0.4, 0.5) is 5.82 Å². The quantitative estimate of drug-likeness (QED) is 0.743. The molecule has 2 aromatic heterocycles. The first-order chi connectivity index (χ1) is 11.1. The molecule has 0 aliphatic carbocycles. The minimum Gasteiger partial charge on any atom is -0.347 e. The van der Waals surface area contributed by atoms with Gasteiger partial charge in [0.05, 0.1) is 22.8 Å². The second-order valence-electron chi connectivity index (χ2n) is 5.52. The number of fused-ring (bicyclic) bond motifs is 1. The first-order valence-corrected chi connectivity index (χ1v) is 7.76. The van der Waals surface area contributed by atoms with E-state index in [1.54, 1.807) is 10.8 Å². The van der Waals surface area contributed by atoms with E-state index < -0.39 is 0 Å². The minimum atomic E-state index is -0.0727. The molecule has 0 bridgehead atoms. The molecule has 1 atom stereocenters. The number of aryl methyl sites for hydroxylation is 1. The summed E-state index contributed by atoms with van der Waals surface area (Å²) in [6.45, 7) is 4.61. The summed E-state index contributed by atoms with van der Waals surface area (Å²) in [6.07, 6.45) is 1.76. The molecule has 1 unspecified atom stereocenters. The predicted octanol–water partition coefficient (Wildman–Crippen LogP) is 3.01. The van der Waals surface area contributed by atoms with Crippen molar-refractivity contribution in [1.82, 2.24) is 14.5 Å². The summed E-state index contributed by atoms with van der Waals surface area (Å²) >= 11 is 0. The Hall–Kier alpha value is -2.69. The average Bonchev–Trinajstić information content (AvgIpc) is 2.61. The first-order valence-electron chi connectivity index (χ1n) is 7.76. The number of para-hydroxylation sites is 2. The third-order valence-corrected chi connectivity index (χ3v) is 4.18. The summed E-state index contributed by atoms with van der Waals surface area (Å²) in [6, 6.07) is 13.5. The molecule has 0 saturated heterocycles. The number of benzene rings is 1. The molecule has 1 aromatic carbocycles. The number of aromatic nitrogens is 3. The smallest absolute Gasteiger partial charge is 0.294 e. The maximum Gasteiger partial charge on any atom is 0.294 e. The van der Waals surface area contributed by atoms with Crippen LogP contribution in [0.2, 0.25) is 0 Å². The molecular weight excluding hydrogens is 288 g/mol. The second kappa shape index (κ2) is 6.20. The molecule has 5 heteroatoms. The molecular formula is C18H20N4O. The van der Waals surface area contributed by atoms with E-state index in [1.807, 2.05) is 68.3 Å². The third kappa shape index (κ3) is 2.70. The normalized spacial score (nSPS) is 12.3. The van der Waals surface area contributed by atoms with E-state index in [-0.39, 0.29) is 11.6 Å². The van der Waals surface area contributed by atoms with Crippen molar-refractivity contribution in [2.24, 2.45) is 0 Å². The number of rotatable bonds is 4. The molecule has 5 nitrogen and oxygen atoms in total. The Morgan fingerprint density at radius 3 is 2.61 bits per heavy atom. The fourth-order valence-electron chi connectivity index (χ4n) is 2.73. The van der Waals surface area contributed by atoms with Gasteiger partial charge in [0, 0.05) is 19.8 Å². The van der Waals surface area contributed by atoms with Crippen molar-refractivity contribution >= 4 is 16.9 Å². The van der Waals surface area contributed by atoms with Gasteiger partial charge in [-0.1, -0.05) is 18.2 Å². The Balaban J connectivity index is 2.12. The van der Waals surface area contributed by atoms with Gasteiger partial charge in [0.15, 0.2) is 5.82 Å². The maximum absolute atomic E-state index is 12.8. The molecule has 0 aliphatic heterocycles. The number of anilines is 1. The van der Waals surface area contributed by atoms with Crippen molar-refractivity contribution in [2.45, 2.75) is 26.4 Å². The summed E-state index contributed by atoms with van der Waals surface area (Å²) in [7, 11) is 1.89. The maximum atomic E-state index is 12.8. The van der Waals surface area contributed by atoms with Crippen LogP contribution in [0.1, 0.15) is 25.6 Å². The van der Waals surface area contributed by atoms with Gasteiger partial charge in [-0.2, -0.15) is 0 Å². The van der Waals surface area contributed by atoms with Gasteiger partial charge in [-0.05, 0) is 38.1 Å². The van der Waals surface area contributed by atoms with Crippen LogP contribution in [0.15, 0.2) is 53.5 Å². The Bertz CT molecular complexity index is 873. The van der Waals surface area contributed by atoms with E-state index in [1.165, 1.54) is 0 Å². The van der Waals surface area contributed by atoms with Crippen molar-refractivity contribution in [3.8, 4) is 0 Å². The molecule has 118 valence electrons. The SMILES string of the molecule is CCn1c(=O)c(N(C)C(C)c2ccccn2)nc2ccccc21. The fraction of sp³-hybridized carbons (Fsp3) is 0.278. The summed E-state index contributed by atoms with van der Waals surface area (Å²) < 4.78 is 1.76. The van der Waals surface area contributed by atoms with Crippen molar-refractivity contribution in [3.05, 3.63) is 64.7 Å². The summed E-state index contributed by atoms with van der Waals surface area (Å²) in [5, 5.41) is 0. The van der Waals surface area contributed by atoms with E-state index in [4.69, 9.17) is 0 Å². The molecule has 0 saturated carbocycles. The number of hydrogen-bond donors (Lipinski definition) is 0. The van der Waals surface area contributed by atoms with Gasteiger partial charge in [-0.25, -0.2) is 4.98 Å². The lowest BCUT2D eigenvalue weighted by Gasteiger charge is -2.25. The first kappa shape index (κ1) is 15.2. The summed E-state index contributed by atoms with van der Waals surface area (Å²) in [5.74, 6) is 0.448. The molecule has 23 heavy (non-hydrogen) atoms. The molecule has 0 aliphatic rings. The van der Waals surface area contributed by atoms with E-state index in [9.17, 15) is 4.79 Å². The monoisotopic (exact) mass is 308 g/mol. The molecule has 0 radical (unpaired) electrons. The van der Waals surface area contributed by atoms with E-state index in [0.29, 0.717) is 12.4 Å². The summed E-state index contributed by atoms with van der Waals surface area (Å²) in [5.41, 5.74) is 2.52. The van der Waals surface area contributed by atoms with E-state index >= 15 is 0 Å². The Labute approximate surface area is 135 Å². The van der Waals surface area contributed by atoms with Gasteiger partial charge >= 0.3 is 0 Å². The van der Waals surface area contributed by atoms with Gasteiger partial charge in [0.2, 0.25) is 0 Å². The molecule has 0 fully saturated rings. The van der Waals surface area contributed by atoms with Crippen LogP contribution in [0.25, 0.3) is 11.0 Å². The molecule has 0 N–H and O–H groups in total. The van der Waals surface area contributed by atoms with Crippen molar-refractivity contribution < 1.29 is 0 Å².